The van der Waals surface area contributed by atoms with Crippen molar-refractivity contribution >= 4 is 9.84 Å². The average Bonchev–Trinajstić information content (AvgIpc) is 2.42. The van der Waals surface area contributed by atoms with Gasteiger partial charge in [0.05, 0.1) is 11.4 Å². The van der Waals surface area contributed by atoms with Crippen LogP contribution in [0, 0.1) is 5.82 Å². The molecule has 0 aliphatic rings. The van der Waals surface area contributed by atoms with Gasteiger partial charge in [0.15, 0.2) is 9.84 Å². The second-order valence-electron chi connectivity index (χ2n) is 4.19. The van der Waals surface area contributed by atoms with Crippen molar-refractivity contribution in [3.63, 3.8) is 0 Å². The summed E-state index contributed by atoms with van der Waals surface area (Å²) in [6, 6.07) is 13.7. The summed E-state index contributed by atoms with van der Waals surface area (Å²) in [5.41, 5.74) is 4.26. The van der Waals surface area contributed by atoms with Crippen LogP contribution < -0.4 is 5.73 Å². The standard InChI is InChI=1S/C14H14FNO2S/c15-12-8-6-11(7-9-12)14(10-16)19(17,18)13-4-2-1-3-5-13/h1-9,14H,10,16H2/p+1/t14-/m0/s1. The van der Waals surface area contributed by atoms with E-state index in [2.05, 4.69) is 5.73 Å². The van der Waals surface area contributed by atoms with E-state index in [1.165, 1.54) is 24.3 Å². The van der Waals surface area contributed by atoms with Crippen LogP contribution in [-0.4, -0.2) is 15.0 Å². The van der Waals surface area contributed by atoms with Crippen molar-refractivity contribution in [2.75, 3.05) is 6.54 Å². The minimum absolute atomic E-state index is 0.197. The van der Waals surface area contributed by atoms with E-state index in [0.29, 0.717) is 5.56 Å². The Morgan fingerprint density at radius 3 is 2.11 bits per heavy atom. The van der Waals surface area contributed by atoms with Crippen molar-refractivity contribution in [1.82, 2.24) is 0 Å². The third-order valence-corrected chi connectivity index (χ3v) is 5.14. The highest BCUT2D eigenvalue weighted by Crippen LogP contribution is 2.27. The Morgan fingerprint density at radius 1 is 1.00 bits per heavy atom. The summed E-state index contributed by atoms with van der Waals surface area (Å²) in [7, 11) is -3.50. The normalized spacial score (nSPS) is 13.2. The molecule has 2 rings (SSSR count). The van der Waals surface area contributed by atoms with Gasteiger partial charge in [0, 0.05) is 0 Å². The zero-order valence-electron chi connectivity index (χ0n) is 10.3. The van der Waals surface area contributed by atoms with Gasteiger partial charge >= 0.3 is 0 Å². The lowest BCUT2D eigenvalue weighted by atomic mass is 10.1. The van der Waals surface area contributed by atoms with Gasteiger partial charge in [0.25, 0.3) is 0 Å². The lowest BCUT2D eigenvalue weighted by molar-refractivity contribution is -0.367. The smallest absolute Gasteiger partial charge is 0.190 e. The lowest BCUT2D eigenvalue weighted by Gasteiger charge is -2.14. The van der Waals surface area contributed by atoms with Crippen LogP contribution in [0.15, 0.2) is 59.5 Å². The van der Waals surface area contributed by atoms with E-state index in [1.54, 1.807) is 30.3 Å². The van der Waals surface area contributed by atoms with Crippen molar-refractivity contribution < 1.29 is 18.5 Å². The summed E-state index contributed by atoms with van der Waals surface area (Å²) in [5, 5.41) is -0.754. The van der Waals surface area contributed by atoms with E-state index in [-0.39, 0.29) is 17.3 Å². The van der Waals surface area contributed by atoms with Crippen LogP contribution in [0.5, 0.6) is 0 Å². The molecular formula is C14H15FNO2S+. The molecule has 2 aromatic carbocycles. The molecule has 19 heavy (non-hydrogen) atoms. The number of rotatable bonds is 4. The van der Waals surface area contributed by atoms with Gasteiger partial charge in [-0.3, -0.25) is 0 Å². The predicted molar refractivity (Wildman–Crippen MR) is 70.5 cm³/mol. The topological polar surface area (TPSA) is 61.8 Å². The second-order valence-corrected chi connectivity index (χ2v) is 6.32. The minimum Gasteiger partial charge on any atom is -0.356 e. The first-order chi connectivity index (χ1) is 9.05. The number of hydrogen-bond donors (Lipinski definition) is 1. The maximum atomic E-state index is 12.9. The van der Waals surface area contributed by atoms with E-state index in [4.69, 9.17) is 0 Å². The van der Waals surface area contributed by atoms with E-state index in [1.807, 2.05) is 0 Å². The fourth-order valence-corrected chi connectivity index (χ4v) is 3.64. The molecule has 0 spiro atoms. The first-order valence-corrected chi connectivity index (χ1v) is 7.44. The van der Waals surface area contributed by atoms with Gasteiger partial charge in [-0.15, -0.1) is 0 Å². The van der Waals surface area contributed by atoms with Crippen LogP contribution in [0.25, 0.3) is 0 Å². The summed E-state index contributed by atoms with van der Waals surface area (Å²) in [6.45, 7) is 0.197. The molecule has 0 radical (unpaired) electrons. The number of halogens is 1. The van der Waals surface area contributed by atoms with Gasteiger partial charge in [-0.05, 0) is 29.8 Å². The molecule has 0 amide bonds. The van der Waals surface area contributed by atoms with Crippen LogP contribution in [0.1, 0.15) is 10.8 Å². The molecule has 3 nitrogen and oxygen atoms in total. The Bertz CT molecular complexity index is 639. The highest BCUT2D eigenvalue weighted by atomic mass is 32.2. The summed E-state index contributed by atoms with van der Waals surface area (Å²) < 4.78 is 37.9. The molecule has 0 unspecified atom stereocenters. The maximum absolute atomic E-state index is 12.9. The SMILES string of the molecule is [NH3+]C[C@@H](c1ccc(F)cc1)S(=O)(=O)c1ccccc1. The van der Waals surface area contributed by atoms with Gasteiger partial charge in [-0.1, -0.05) is 30.3 Å². The van der Waals surface area contributed by atoms with Crippen molar-refractivity contribution in [3.05, 3.63) is 66.0 Å². The number of hydrogen-bond acceptors (Lipinski definition) is 2. The molecule has 0 heterocycles. The van der Waals surface area contributed by atoms with Crippen molar-refractivity contribution in [3.8, 4) is 0 Å². The molecular weight excluding hydrogens is 265 g/mol. The van der Waals surface area contributed by atoms with Crippen LogP contribution >= 0.6 is 0 Å². The van der Waals surface area contributed by atoms with Crippen molar-refractivity contribution in [2.24, 2.45) is 0 Å². The first-order valence-electron chi connectivity index (χ1n) is 5.89. The quantitative estimate of drug-likeness (QED) is 0.924. The Kier molecular flexibility index (Phi) is 3.97. The summed E-state index contributed by atoms with van der Waals surface area (Å²) >= 11 is 0. The summed E-state index contributed by atoms with van der Waals surface area (Å²) in [6.07, 6.45) is 0. The first kappa shape index (κ1) is 13.7. The number of sulfone groups is 1. The molecule has 0 bridgehead atoms. The molecule has 100 valence electrons. The zero-order chi connectivity index (χ0) is 13.9. The minimum atomic E-state index is -3.50. The fraction of sp³-hybridized carbons (Fsp3) is 0.143. The van der Waals surface area contributed by atoms with Gasteiger partial charge in [0.2, 0.25) is 0 Å². The second kappa shape index (κ2) is 5.50. The van der Waals surface area contributed by atoms with E-state index >= 15 is 0 Å². The Labute approximate surface area is 111 Å². The Balaban J connectivity index is 2.45. The van der Waals surface area contributed by atoms with Gasteiger partial charge < -0.3 is 5.73 Å². The average molecular weight is 280 g/mol. The van der Waals surface area contributed by atoms with Gasteiger partial charge in [-0.25, -0.2) is 12.8 Å². The third-order valence-electron chi connectivity index (χ3n) is 2.95. The Hall–Kier alpha value is -1.72. The molecule has 0 fully saturated rings. The molecule has 5 heteroatoms. The Morgan fingerprint density at radius 2 is 1.58 bits per heavy atom. The number of benzene rings is 2. The van der Waals surface area contributed by atoms with Gasteiger partial charge in [0.1, 0.15) is 11.1 Å². The molecule has 3 N–H and O–H groups in total. The molecule has 1 atom stereocenters. The van der Waals surface area contributed by atoms with Crippen LogP contribution in [-0.2, 0) is 9.84 Å². The fourth-order valence-electron chi connectivity index (χ4n) is 1.95. The highest BCUT2D eigenvalue weighted by molar-refractivity contribution is 7.91. The largest absolute Gasteiger partial charge is 0.356 e. The lowest BCUT2D eigenvalue weighted by Crippen LogP contribution is -2.54. The third kappa shape index (κ3) is 2.83. The summed E-state index contributed by atoms with van der Waals surface area (Å²) in [4.78, 5) is 0.257. The van der Waals surface area contributed by atoms with Crippen molar-refractivity contribution in [2.45, 2.75) is 10.1 Å². The monoisotopic (exact) mass is 280 g/mol. The van der Waals surface area contributed by atoms with Gasteiger partial charge in [-0.2, -0.15) is 0 Å². The molecule has 0 saturated heterocycles. The molecule has 2 aromatic rings. The van der Waals surface area contributed by atoms with Crippen molar-refractivity contribution in [1.29, 1.82) is 0 Å². The highest BCUT2D eigenvalue weighted by Gasteiger charge is 2.29. The zero-order valence-corrected chi connectivity index (χ0v) is 11.1. The van der Waals surface area contributed by atoms with E-state index < -0.39 is 15.1 Å². The van der Waals surface area contributed by atoms with E-state index in [9.17, 15) is 12.8 Å². The predicted octanol–water partition coefficient (Wildman–Crippen LogP) is 1.58. The molecule has 0 saturated carbocycles. The molecule has 0 aliphatic carbocycles. The van der Waals surface area contributed by atoms with Crippen LogP contribution in [0.3, 0.4) is 0 Å². The van der Waals surface area contributed by atoms with Crippen LogP contribution in [0.2, 0.25) is 0 Å². The van der Waals surface area contributed by atoms with E-state index in [0.717, 1.165) is 0 Å². The van der Waals surface area contributed by atoms with Crippen LogP contribution in [0.4, 0.5) is 4.39 Å². The summed E-state index contributed by atoms with van der Waals surface area (Å²) in [5.74, 6) is -0.385. The maximum Gasteiger partial charge on any atom is 0.190 e. The molecule has 0 aromatic heterocycles. The number of quaternary nitrogens is 1. The molecule has 0 aliphatic heterocycles.